The quantitative estimate of drug-likeness (QED) is 0.301. The highest BCUT2D eigenvalue weighted by atomic mass is 79.9. The minimum atomic E-state index is -0.469. The molecule has 0 saturated heterocycles. The van der Waals surface area contributed by atoms with Gasteiger partial charge < -0.3 is 9.47 Å². The Bertz CT molecular complexity index is 970. The van der Waals surface area contributed by atoms with Crippen LogP contribution in [-0.2, 0) is 9.53 Å². The van der Waals surface area contributed by atoms with E-state index in [9.17, 15) is 4.79 Å². The van der Waals surface area contributed by atoms with Crippen LogP contribution in [0.25, 0.3) is 6.08 Å². The molecule has 2 aromatic carbocycles. The minimum absolute atomic E-state index is 0.252. The summed E-state index contributed by atoms with van der Waals surface area (Å²) in [6.45, 7) is 8.10. The zero-order valence-electron chi connectivity index (χ0n) is 14.9. The maximum Gasteiger partial charge on any atom is 0.363 e. The van der Waals surface area contributed by atoms with Gasteiger partial charge in [0, 0.05) is 5.56 Å². The van der Waals surface area contributed by atoms with Crippen LogP contribution in [0.1, 0.15) is 23.6 Å². The number of cyclic esters (lactones) is 1. The molecule has 2 aromatic rings. The first kappa shape index (κ1) is 19.6. The van der Waals surface area contributed by atoms with E-state index >= 15 is 0 Å². The summed E-state index contributed by atoms with van der Waals surface area (Å²) >= 11 is 7.01. The third-order valence-electron chi connectivity index (χ3n) is 3.78. The van der Waals surface area contributed by atoms with Gasteiger partial charge in [0.15, 0.2) is 5.70 Å². The van der Waals surface area contributed by atoms with Gasteiger partial charge in [-0.3, -0.25) is 0 Å². The van der Waals surface area contributed by atoms with Crippen molar-refractivity contribution < 1.29 is 14.3 Å². The largest absolute Gasteiger partial charge is 0.487 e. The first-order chi connectivity index (χ1) is 12.8. The number of benzene rings is 2. The summed E-state index contributed by atoms with van der Waals surface area (Å²) in [5.41, 5.74) is 3.77. The van der Waals surface area contributed by atoms with Gasteiger partial charge in [-0.15, -0.1) is 0 Å². The Labute approximate surface area is 174 Å². The number of hydrogen-bond donors (Lipinski definition) is 0. The summed E-state index contributed by atoms with van der Waals surface area (Å²) in [5.74, 6) is 0.533. The molecule has 0 aliphatic carbocycles. The molecule has 0 saturated carbocycles. The van der Waals surface area contributed by atoms with Crippen LogP contribution in [0.15, 0.2) is 68.2 Å². The molecule has 0 atom stereocenters. The molecule has 0 N–H and O–H groups in total. The van der Waals surface area contributed by atoms with Gasteiger partial charge in [0.25, 0.3) is 0 Å². The average molecular weight is 491 g/mol. The Morgan fingerprint density at radius 2 is 1.93 bits per heavy atom. The van der Waals surface area contributed by atoms with Crippen molar-refractivity contribution in [2.24, 2.45) is 4.99 Å². The van der Waals surface area contributed by atoms with Crippen LogP contribution in [0, 0.1) is 6.92 Å². The Kier molecular flexibility index (Phi) is 5.97. The van der Waals surface area contributed by atoms with E-state index in [2.05, 4.69) is 43.4 Å². The summed E-state index contributed by atoms with van der Waals surface area (Å²) in [7, 11) is 0. The van der Waals surface area contributed by atoms with E-state index in [-0.39, 0.29) is 5.70 Å². The third kappa shape index (κ3) is 4.57. The van der Waals surface area contributed by atoms with Crippen molar-refractivity contribution in [2.75, 3.05) is 6.61 Å². The van der Waals surface area contributed by atoms with Crippen molar-refractivity contribution in [1.82, 2.24) is 0 Å². The Morgan fingerprint density at radius 1 is 1.26 bits per heavy atom. The average Bonchev–Trinajstić information content (AvgIpc) is 2.94. The molecule has 0 amide bonds. The highest BCUT2D eigenvalue weighted by Gasteiger charge is 2.25. The van der Waals surface area contributed by atoms with Gasteiger partial charge >= 0.3 is 5.97 Å². The highest BCUT2D eigenvalue weighted by molar-refractivity contribution is 9.11. The lowest BCUT2D eigenvalue weighted by Gasteiger charge is -2.11. The SMILES string of the molecule is C=C(C)COc1c(Br)cc(/C=C2\N=C(c3ccccc3C)OC2=O)cc1Br. The van der Waals surface area contributed by atoms with E-state index in [1.165, 1.54) is 0 Å². The first-order valence-electron chi connectivity index (χ1n) is 8.20. The summed E-state index contributed by atoms with van der Waals surface area (Å²) in [6, 6.07) is 11.4. The lowest BCUT2D eigenvalue weighted by molar-refractivity contribution is -0.129. The number of carbonyl (C=O) groups is 1. The fraction of sp³-hybridized carbons (Fsp3) is 0.143. The van der Waals surface area contributed by atoms with Crippen molar-refractivity contribution in [3.05, 3.63) is 79.9 Å². The first-order valence-corrected chi connectivity index (χ1v) is 9.78. The van der Waals surface area contributed by atoms with Crippen molar-refractivity contribution in [3.63, 3.8) is 0 Å². The van der Waals surface area contributed by atoms with Crippen LogP contribution in [0.4, 0.5) is 0 Å². The van der Waals surface area contributed by atoms with Crippen molar-refractivity contribution >= 4 is 49.8 Å². The molecule has 0 fully saturated rings. The zero-order valence-corrected chi connectivity index (χ0v) is 18.1. The van der Waals surface area contributed by atoms with Gasteiger partial charge in [0.2, 0.25) is 5.90 Å². The number of hydrogen-bond acceptors (Lipinski definition) is 4. The van der Waals surface area contributed by atoms with Crippen molar-refractivity contribution in [1.29, 1.82) is 0 Å². The van der Waals surface area contributed by atoms with E-state index in [0.717, 1.165) is 31.2 Å². The highest BCUT2D eigenvalue weighted by Crippen LogP contribution is 2.36. The standard InChI is InChI=1S/C21H17Br2NO3/c1-12(2)11-26-19-16(22)8-14(9-17(19)23)10-18-21(25)27-20(24-18)15-7-5-4-6-13(15)3/h4-10H,1,11H2,2-3H3/b18-10-. The smallest absolute Gasteiger partial charge is 0.363 e. The van der Waals surface area contributed by atoms with Crippen LogP contribution in [-0.4, -0.2) is 18.5 Å². The van der Waals surface area contributed by atoms with E-state index in [1.54, 1.807) is 6.08 Å². The van der Waals surface area contributed by atoms with Crippen LogP contribution in [0.2, 0.25) is 0 Å². The third-order valence-corrected chi connectivity index (χ3v) is 4.96. The second-order valence-electron chi connectivity index (χ2n) is 6.21. The number of rotatable bonds is 5. The molecule has 1 aliphatic heterocycles. The molecule has 6 heteroatoms. The van der Waals surface area contributed by atoms with Gasteiger partial charge in [0.05, 0.1) is 8.95 Å². The predicted molar refractivity (Wildman–Crippen MR) is 114 cm³/mol. The fourth-order valence-electron chi connectivity index (χ4n) is 2.49. The summed E-state index contributed by atoms with van der Waals surface area (Å²) in [5, 5.41) is 0. The lowest BCUT2D eigenvalue weighted by atomic mass is 10.1. The number of aryl methyl sites for hydroxylation is 1. The summed E-state index contributed by atoms with van der Waals surface area (Å²) in [4.78, 5) is 16.6. The Balaban J connectivity index is 1.91. The summed E-state index contributed by atoms with van der Waals surface area (Å²) < 4.78 is 12.6. The number of carbonyl (C=O) groups excluding carboxylic acids is 1. The second kappa shape index (κ2) is 8.23. The van der Waals surface area contributed by atoms with Crippen molar-refractivity contribution in [3.8, 4) is 5.75 Å². The topological polar surface area (TPSA) is 47.9 Å². The molecule has 0 radical (unpaired) electrons. The minimum Gasteiger partial charge on any atom is -0.487 e. The normalized spacial score (nSPS) is 14.9. The molecule has 138 valence electrons. The molecule has 1 heterocycles. The number of ether oxygens (including phenoxy) is 2. The molecule has 0 aromatic heterocycles. The van der Waals surface area contributed by atoms with Crippen LogP contribution in [0.5, 0.6) is 5.75 Å². The van der Waals surface area contributed by atoms with Crippen LogP contribution < -0.4 is 4.74 Å². The maximum absolute atomic E-state index is 12.2. The molecular formula is C21H17Br2NO3. The Hall–Kier alpha value is -2.18. The van der Waals surface area contributed by atoms with Gasteiger partial charge in [-0.05, 0) is 86.7 Å². The molecule has 0 bridgehead atoms. The molecule has 3 rings (SSSR count). The number of halogens is 2. The number of nitrogens with zero attached hydrogens (tertiary/aromatic N) is 1. The number of esters is 1. The zero-order chi connectivity index (χ0) is 19.6. The summed E-state index contributed by atoms with van der Waals surface area (Å²) in [6.07, 6.45) is 1.69. The molecule has 1 aliphatic rings. The van der Waals surface area contributed by atoms with Crippen LogP contribution >= 0.6 is 31.9 Å². The fourth-order valence-corrected chi connectivity index (χ4v) is 3.94. The number of aliphatic imine (C=N–C) groups is 1. The van der Waals surface area contributed by atoms with E-state index in [0.29, 0.717) is 18.3 Å². The van der Waals surface area contributed by atoms with Gasteiger partial charge in [-0.1, -0.05) is 24.8 Å². The van der Waals surface area contributed by atoms with Gasteiger partial charge in [-0.25, -0.2) is 9.79 Å². The van der Waals surface area contributed by atoms with Gasteiger partial charge in [0.1, 0.15) is 12.4 Å². The van der Waals surface area contributed by atoms with Crippen LogP contribution in [0.3, 0.4) is 0 Å². The maximum atomic E-state index is 12.2. The van der Waals surface area contributed by atoms with E-state index < -0.39 is 5.97 Å². The predicted octanol–water partition coefficient (Wildman–Crippen LogP) is 5.82. The molecule has 27 heavy (non-hydrogen) atoms. The van der Waals surface area contributed by atoms with Crippen molar-refractivity contribution in [2.45, 2.75) is 13.8 Å². The molecule has 0 spiro atoms. The van der Waals surface area contributed by atoms with E-state index in [4.69, 9.17) is 9.47 Å². The molecule has 0 unspecified atom stereocenters. The Morgan fingerprint density at radius 3 is 2.56 bits per heavy atom. The second-order valence-corrected chi connectivity index (χ2v) is 7.92. The molecule has 4 nitrogen and oxygen atoms in total. The lowest BCUT2D eigenvalue weighted by Crippen LogP contribution is -2.06. The van der Waals surface area contributed by atoms with E-state index in [1.807, 2.05) is 50.2 Å². The monoisotopic (exact) mass is 489 g/mol. The molecular weight excluding hydrogens is 474 g/mol. The van der Waals surface area contributed by atoms with Gasteiger partial charge in [-0.2, -0.15) is 0 Å².